The van der Waals surface area contributed by atoms with Gasteiger partial charge >= 0.3 is 0 Å². The van der Waals surface area contributed by atoms with Gasteiger partial charge in [0, 0.05) is 25.3 Å². The second kappa shape index (κ2) is 10.7. The zero-order chi connectivity index (χ0) is 22.9. The molecule has 32 heavy (non-hydrogen) atoms. The Kier molecular flexibility index (Phi) is 7.54. The molecule has 6 nitrogen and oxygen atoms in total. The summed E-state index contributed by atoms with van der Waals surface area (Å²) in [7, 11) is 3.91. The number of amides is 2. The highest BCUT2D eigenvalue weighted by atomic mass is 16.2. The number of aryl methyl sites for hydroxylation is 1. The fraction of sp³-hybridized carbons (Fsp3) is 0.115. The van der Waals surface area contributed by atoms with Crippen LogP contribution >= 0.6 is 0 Å². The monoisotopic (exact) mass is 426 g/mol. The van der Waals surface area contributed by atoms with E-state index in [4.69, 9.17) is 0 Å². The van der Waals surface area contributed by atoms with Crippen molar-refractivity contribution in [1.29, 1.82) is 0 Å². The highest BCUT2D eigenvalue weighted by Crippen LogP contribution is 2.14. The molecule has 0 saturated carbocycles. The summed E-state index contributed by atoms with van der Waals surface area (Å²) in [6.07, 6.45) is 3.18. The predicted molar refractivity (Wildman–Crippen MR) is 130 cm³/mol. The summed E-state index contributed by atoms with van der Waals surface area (Å²) in [4.78, 5) is 27.4. The van der Waals surface area contributed by atoms with Crippen molar-refractivity contribution in [3.63, 3.8) is 0 Å². The van der Waals surface area contributed by atoms with Crippen LogP contribution in [0.2, 0.25) is 0 Å². The smallest absolute Gasteiger partial charge is 0.287 e. The molecule has 0 aromatic heterocycles. The van der Waals surface area contributed by atoms with Crippen molar-refractivity contribution in [3.05, 3.63) is 107 Å². The molecule has 3 rings (SSSR count). The van der Waals surface area contributed by atoms with E-state index < -0.39 is 5.91 Å². The van der Waals surface area contributed by atoms with Gasteiger partial charge in [0.15, 0.2) is 0 Å². The third-order valence-corrected chi connectivity index (χ3v) is 4.71. The summed E-state index contributed by atoms with van der Waals surface area (Å²) in [6.45, 7) is 2.00. The van der Waals surface area contributed by atoms with Gasteiger partial charge in [-0.2, -0.15) is 5.10 Å². The first kappa shape index (κ1) is 22.5. The van der Waals surface area contributed by atoms with E-state index in [0.717, 1.165) is 22.4 Å². The van der Waals surface area contributed by atoms with Crippen LogP contribution in [-0.2, 0) is 4.79 Å². The molecule has 6 heteroatoms. The molecule has 0 aliphatic carbocycles. The fourth-order valence-electron chi connectivity index (χ4n) is 2.86. The molecule has 0 aliphatic rings. The second-order valence-corrected chi connectivity index (χ2v) is 7.47. The summed E-state index contributed by atoms with van der Waals surface area (Å²) < 4.78 is 0. The van der Waals surface area contributed by atoms with Gasteiger partial charge in [0.2, 0.25) is 0 Å². The van der Waals surface area contributed by atoms with Gasteiger partial charge in [0.1, 0.15) is 5.70 Å². The minimum absolute atomic E-state index is 0.0949. The molecule has 0 radical (unpaired) electrons. The zero-order valence-corrected chi connectivity index (χ0v) is 18.4. The molecule has 0 aliphatic heterocycles. The molecule has 162 valence electrons. The van der Waals surface area contributed by atoms with Crippen molar-refractivity contribution in [1.82, 2.24) is 10.7 Å². The van der Waals surface area contributed by atoms with E-state index in [1.54, 1.807) is 36.6 Å². The van der Waals surface area contributed by atoms with Crippen molar-refractivity contribution < 1.29 is 9.59 Å². The molecule has 3 aromatic rings. The second-order valence-electron chi connectivity index (χ2n) is 7.47. The lowest BCUT2D eigenvalue weighted by Crippen LogP contribution is -2.32. The summed E-state index contributed by atoms with van der Waals surface area (Å²) in [5.41, 5.74) is 6.84. The maximum atomic E-state index is 12.8. The Morgan fingerprint density at radius 3 is 2.09 bits per heavy atom. The summed E-state index contributed by atoms with van der Waals surface area (Å²) in [6, 6.07) is 24.1. The standard InChI is InChI=1S/C26H26N4O2/c1-19-9-11-21(12-10-19)18-27-29-26(32)24(28-25(31)22-7-5-4-6-8-22)17-20-13-15-23(16-14-20)30(2)3/h4-18H,1-3H3,(H,28,31)(H,29,32)/b24-17+,27-18?. The van der Waals surface area contributed by atoms with E-state index in [9.17, 15) is 9.59 Å². The Balaban J connectivity index is 1.80. The molecule has 0 spiro atoms. The van der Waals surface area contributed by atoms with Crippen molar-refractivity contribution in [2.75, 3.05) is 19.0 Å². The van der Waals surface area contributed by atoms with Gasteiger partial charge in [-0.15, -0.1) is 0 Å². The average molecular weight is 427 g/mol. The maximum absolute atomic E-state index is 12.8. The topological polar surface area (TPSA) is 73.8 Å². The Morgan fingerprint density at radius 1 is 0.844 bits per heavy atom. The summed E-state index contributed by atoms with van der Waals surface area (Å²) in [5.74, 6) is -0.895. The molecule has 0 atom stereocenters. The number of carbonyl (C=O) groups is 2. The Hall–Kier alpha value is -4.19. The van der Waals surface area contributed by atoms with Gasteiger partial charge in [0.25, 0.3) is 11.8 Å². The normalized spacial score (nSPS) is 11.3. The number of hydrazone groups is 1. The van der Waals surface area contributed by atoms with Gasteiger partial charge in [-0.1, -0.05) is 60.2 Å². The number of hydrogen-bond donors (Lipinski definition) is 2. The van der Waals surface area contributed by atoms with Gasteiger partial charge in [-0.05, 0) is 48.4 Å². The molecular weight excluding hydrogens is 400 g/mol. The first-order valence-corrected chi connectivity index (χ1v) is 10.2. The highest BCUT2D eigenvalue weighted by molar-refractivity contribution is 6.05. The number of nitrogens with one attached hydrogen (secondary N) is 2. The van der Waals surface area contributed by atoms with Crippen LogP contribution in [0.15, 0.2) is 89.7 Å². The molecular formula is C26H26N4O2. The largest absolute Gasteiger partial charge is 0.378 e. The number of anilines is 1. The summed E-state index contributed by atoms with van der Waals surface area (Å²) in [5, 5.41) is 6.73. The quantitative estimate of drug-likeness (QED) is 0.341. The van der Waals surface area contributed by atoms with Gasteiger partial charge in [0.05, 0.1) is 6.21 Å². The first-order valence-electron chi connectivity index (χ1n) is 10.2. The molecule has 0 unspecified atom stereocenters. The maximum Gasteiger partial charge on any atom is 0.287 e. The van der Waals surface area contributed by atoms with Crippen LogP contribution in [0.4, 0.5) is 5.69 Å². The van der Waals surface area contributed by atoms with Crippen molar-refractivity contribution in [3.8, 4) is 0 Å². The highest BCUT2D eigenvalue weighted by Gasteiger charge is 2.14. The Morgan fingerprint density at radius 2 is 1.47 bits per heavy atom. The molecule has 0 bridgehead atoms. The lowest BCUT2D eigenvalue weighted by atomic mass is 10.1. The van der Waals surface area contributed by atoms with Crippen molar-refractivity contribution in [2.24, 2.45) is 5.10 Å². The van der Waals surface area contributed by atoms with E-state index in [1.165, 1.54) is 0 Å². The summed E-state index contributed by atoms with van der Waals surface area (Å²) >= 11 is 0. The number of nitrogens with zero attached hydrogens (tertiary/aromatic N) is 2. The van der Waals surface area contributed by atoms with E-state index in [2.05, 4.69) is 15.8 Å². The number of hydrogen-bond acceptors (Lipinski definition) is 4. The van der Waals surface area contributed by atoms with Gasteiger partial charge in [-0.25, -0.2) is 5.43 Å². The SMILES string of the molecule is Cc1ccc(C=NNC(=O)/C(=C\c2ccc(N(C)C)cc2)NC(=O)c2ccccc2)cc1. The minimum Gasteiger partial charge on any atom is -0.378 e. The fourth-order valence-corrected chi connectivity index (χ4v) is 2.86. The zero-order valence-electron chi connectivity index (χ0n) is 18.4. The lowest BCUT2D eigenvalue weighted by Gasteiger charge is -2.12. The minimum atomic E-state index is -0.519. The predicted octanol–water partition coefficient (Wildman–Crippen LogP) is 3.98. The van der Waals surface area contributed by atoms with E-state index in [0.29, 0.717) is 5.56 Å². The van der Waals surface area contributed by atoms with E-state index in [1.807, 2.05) is 80.5 Å². The number of rotatable bonds is 7. The molecule has 0 heterocycles. The van der Waals surface area contributed by atoms with E-state index >= 15 is 0 Å². The molecule has 2 amide bonds. The van der Waals surface area contributed by atoms with Crippen LogP contribution < -0.4 is 15.6 Å². The van der Waals surface area contributed by atoms with Gasteiger partial charge < -0.3 is 10.2 Å². The molecule has 2 N–H and O–H groups in total. The van der Waals surface area contributed by atoms with Crippen molar-refractivity contribution >= 4 is 29.8 Å². The van der Waals surface area contributed by atoms with Crippen LogP contribution in [0.1, 0.15) is 27.0 Å². The van der Waals surface area contributed by atoms with Crippen LogP contribution in [0.3, 0.4) is 0 Å². The van der Waals surface area contributed by atoms with Crippen LogP contribution in [0.5, 0.6) is 0 Å². The van der Waals surface area contributed by atoms with Crippen LogP contribution in [0.25, 0.3) is 6.08 Å². The Labute approximate surface area is 188 Å². The molecule has 0 fully saturated rings. The molecule has 3 aromatic carbocycles. The third kappa shape index (κ3) is 6.40. The first-order chi connectivity index (χ1) is 15.4. The van der Waals surface area contributed by atoms with E-state index in [-0.39, 0.29) is 11.6 Å². The Bertz CT molecular complexity index is 1120. The van der Waals surface area contributed by atoms with Crippen LogP contribution in [0, 0.1) is 6.92 Å². The lowest BCUT2D eigenvalue weighted by molar-refractivity contribution is -0.117. The molecule has 0 saturated heterocycles. The van der Waals surface area contributed by atoms with Crippen LogP contribution in [-0.4, -0.2) is 32.1 Å². The number of benzene rings is 3. The average Bonchev–Trinajstić information content (AvgIpc) is 2.80. The third-order valence-electron chi connectivity index (χ3n) is 4.71. The number of carbonyl (C=O) groups excluding carboxylic acids is 2. The van der Waals surface area contributed by atoms with Gasteiger partial charge in [-0.3, -0.25) is 9.59 Å². The van der Waals surface area contributed by atoms with Crippen molar-refractivity contribution in [2.45, 2.75) is 6.92 Å².